The molecule has 2 aliphatic heterocycles. The van der Waals surface area contributed by atoms with E-state index in [0.717, 1.165) is 12.4 Å². The van der Waals surface area contributed by atoms with Crippen LogP contribution in [0.2, 0.25) is 0 Å². The smallest absolute Gasteiger partial charge is 0.402 e. The van der Waals surface area contributed by atoms with Crippen molar-refractivity contribution in [2.75, 3.05) is 24.7 Å². The normalized spacial score (nSPS) is 27.9. The molecular formula is C15H23BN2O3. The van der Waals surface area contributed by atoms with Crippen molar-refractivity contribution in [1.29, 1.82) is 0 Å². The van der Waals surface area contributed by atoms with Crippen molar-refractivity contribution in [3.8, 4) is 0 Å². The van der Waals surface area contributed by atoms with Crippen LogP contribution in [0.4, 0.5) is 5.82 Å². The maximum Gasteiger partial charge on any atom is 0.484 e. The summed E-state index contributed by atoms with van der Waals surface area (Å²) in [6, 6.07) is 5.94. The van der Waals surface area contributed by atoms with Crippen LogP contribution in [0.1, 0.15) is 27.7 Å². The van der Waals surface area contributed by atoms with Gasteiger partial charge in [-0.15, -0.1) is 0 Å². The molecule has 21 heavy (non-hydrogen) atoms. The lowest BCUT2D eigenvalue weighted by Crippen LogP contribution is -2.55. The SMILES string of the molecule is CC1(C)OB(C2COCCN2c2ccccn2)OC1(C)C. The molecule has 0 aromatic carbocycles. The minimum atomic E-state index is -0.328. The highest BCUT2D eigenvalue weighted by Crippen LogP contribution is 2.39. The molecular weight excluding hydrogens is 267 g/mol. The molecule has 0 bridgehead atoms. The number of pyridine rings is 1. The van der Waals surface area contributed by atoms with Crippen LogP contribution in [0.5, 0.6) is 0 Å². The van der Waals surface area contributed by atoms with E-state index in [2.05, 4.69) is 37.6 Å². The van der Waals surface area contributed by atoms with Crippen molar-refractivity contribution in [3.05, 3.63) is 24.4 Å². The zero-order chi connectivity index (χ0) is 15.1. The lowest BCUT2D eigenvalue weighted by atomic mass is 9.77. The average Bonchev–Trinajstić information content (AvgIpc) is 2.68. The number of aromatic nitrogens is 1. The zero-order valence-corrected chi connectivity index (χ0v) is 13.2. The summed E-state index contributed by atoms with van der Waals surface area (Å²) in [5.74, 6) is 0.968. The van der Waals surface area contributed by atoms with Crippen molar-refractivity contribution >= 4 is 12.9 Å². The third-order valence-corrected chi connectivity index (χ3v) is 4.69. The van der Waals surface area contributed by atoms with E-state index < -0.39 is 0 Å². The van der Waals surface area contributed by atoms with Crippen LogP contribution in [0.15, 0.2) is 24.4 Å². The number of rotatable bonds is 2. The number of ether oxygens (including phenoxy) is 1. The number of hydrogen-bond acceptors (Lipinski definition) is 5. The minimum absolute atomic E-state index is 0.0229. The Labute approximate surface area is 126 Å². The first-order valence-electron chi connectivity index (χ1n) is 7.52. The van der Waals surface area contributed by atoms with Gasteiger partial charge in [0.1, 0.15) is 5.82 Å². The zero-order valence-electron chi connectivity index (χ0n) is 13.2. The second kappa shape index (κ2) is 5.27. The van der Waals surface area contributed by atoms with Gasteiger partial charge in [0.25, 0.3) is 0 Å². The molecule has 0 radical (unpaired) electrons. The molecule has 2 saturated heterocycles. The molecule has 5 nitrogen and oxygen atoms in total. The molecule has 1 unspecified atom stereocenters. The predicted octanol–water partition coefficient (Wildman–Crippen LogP) is 1.92. The highest BCUT2D eigenvalue weighted by molar-refractivity contribution is 6.48. The largest absolute Gasteiger partial charge is 0.484 e. The summed E-state index contributed by atoms with van der Waals surface area (Å²) >= 11 is 0. The summed E-state index contributed by atoms with van der Waals surface area (Å²) < 4.78 is 18.0. The van der Waals surface area contributed by atoms with Crippen molar-refractivity contribution in [2.45, 2.75) is 44.8 Å². The van der Waals surface area contributed by atoms with E-state index in [-0.39, 0.29) is 24.3 Å². The van der Waals surface area contributed by atoms with Gasteiger partial charge >= 0.3 is 7.12 Å². The Kier molecular flexibility index (Phi) is 3.72. The highest BCUT2D eigenvalue weighted by Gasteiger charge is 2.55. The van der Waals surface area contributed by atoms with E-state index in [1.807, 2.05) is 24.4 Å². The summed E-state index contributed by atoms with van der Waals surface area (Å²) in [5.41, 5.74) is -0.657. The fourth-order valence-corrected chi connectivity index (χ4v) is 2.70. The van der Waals surface area contributed by atoms with Gasteiger partial charge in [-0.1, -0.05) is 6.07 Å². The highest BCUT2D eigenvalue weighted by atomic mass is 16.7. The first-order valence-corrected chi connectivity index (χ1v) is 7.52. The lowest BCUT2D eigenvalue weighted by Gasteiger charge is -2.37. The molecule has 1 aromatic rings. The molecule has 0 N–H and O–H groups in total. The molecule has 0 saturated carbocycles. The van der Waals surface area contributed by atoms with Gasteiger partial charge in [-0.05, 0) is 39.8 Å². The Morgan fingerprint density at radius 1 is 1.19 bits per heavy atom. The van der Waals surface area contributed by atoms with Gasteiger partial charge in [-0.2, -0.15) is 0 Å². The van der Waals surface area contributed by atoms with E-state index in [0.29, 0.717) is 13.2 Å². The Hall–Kier alpha value is -1.11. The second-order valence-electron chi connectivity index (χ2n) is 6.65. The number of nitrogens with zero attached hydrogens (tertiary/aromatic N) is 2. The number of hydrogen-bond donors (Lipinski definition) is 0. The summed E-state index contributed by atoms with van der Waals surface area (Å²) in [4.78, 5) is 6.68. The monoisotopic (exact) mass is 290 g/mol. The van der Waals surface area contributed by atoms with Crippen LogP contribution in [0.3, 0.4) is 0 Å². The number of morpholine rings is 1. The van der Waals surface area contributed by atoms with Crippen LogP contribution < -0.4 is 4.90 Å². The average molecular weight is 290 g/mol. The molecule has 114 valence electrons. The first kappa shape index (κ1) is 14.8. The van der Waals surface area contributed by atoms with Gasteiger partial charge in [0, 0.05) is 12.7 Å². The maximum atomic E-state index is 6.18. The molecule has 2 fully saturated rings. The molecule has 6 heteroatoms. The molecule has 1 atom stereocenters. The Morgan fingerprint density at radius 2 is 1.90 bits per heavy atom. The topological polar surface area (TPSA) is 43.8 Å². The quantitative estimate of drug-likeness (QED) is 0.779. The molecule has 3 heterocycles. The summed E-state index contributed by atoms with van der Waals surface area (Å²) in [6.07, 6.45) is 1.81. The molecule has 0 aliphatic carbocycles. The number of anilines is 1. The standard InChI is InChI=1S/C15H23BN2O3/c1-14(2)15(3,4)21-16(20-14)12-11-19-10-9-18(12)13-7-5-6-8-17-13/h5-8,12H,9-11H2,1-4H3. The fraction of sp³-hybridized carbons (Fsp3) is 0.667. The predicted molar refractivity (Wildman–Crippen MR) is 82.3 cm³/mol. The van der Waals surface area contributed by atoms with Crippen LogP contribution >= 0.6 is 0 Å². The van der Waals surface area contributed by atoms with Crippen molar-refractivity contribution in [3.63, 3.8) is 0 Å². The molecule has 3 rings (SSSR count). The Balaban J connectivity index is 1.83. The van der Waals surface area contributed by atoms with Gasteiger partial charge in [-0.3, -0.25) is 0 Å². The van der Waals surface area contributed by atoms with Crippen LogP contribution in [-0.2, 0) is 14.0 Å². The minimum Gasteiger partial charge on any atom is -0.402 e. The fourth-order valence-electron chi connectivity index (χ4n) is 2.70. The van der Waals surface area contributed by atoms with Gasteiger partial charge in [0.05, 0.1) is 30.4 Å². The third kappa shape index (κ3) is 2.68. The Morgan fingerprint density at radius 3 is 2.52 bits per heavy atom. The summed E-state index contributed by atoms with van der Waals surface area (Å²) in [7, 11) is -0.308. The molecule has 1 aromatic heterocycles. The lowest BCUT2D eigenvalue weighted by molar-refractivity contribution is 0.00578. The van der Waals surface area contributed by atoms with Crippen molar-refractivity contribution < 1.29 is 14.0 Å². The van der Waals surface area contributed by atoms with Crippen LogP contribution in [0, 0.1) is 0 Å². The maximum absolute atomic E-state index is 6.18. The molecule has 0 amide bonds. The van der Waals surface area contributed by atoms with E-state index >= 15 is 0 Å². The van der Waals surface area contributed by atoms with Gasteiger partial charge in [0.2, 0.25) is 0 Å². The van der Waals surface area contributed by atoms with Gasteiger partial charge in [-0.25, -0.2) is 4.98 Å². The molecule has 0 spiro atoms. The van der Waals surface area contributed by atoms with Gasteiger partial charge < -0.3 is 18.9 Å². The Bertz CT molecular complexity index is 479. The van der Waals surface area contributed by atoms with Crippen LogP contribution in [-0.4, -0.2) is 49.0 Å². The van der Waals surface area contributed by atoms with Crippen LogP contribution in [0.25, 0.3) is 0 Å². The van der Waals surface area contributed by atoms with E-state index in [1.54, 1.807) is 0 Å². The first-order chi connectivity index (χ1) is 9.91. The summed E-state index contributed by atoms with van der Waals surface area (Å²) in [6.45, 7) is 10.4. The second-order valence-corrected chi connectivity index (χ2v) is 6.65. The summed E-state index contributed by atoms with van der Waals surface area (Å²) in [5, 5.41) is 0. The van der Waals surface area contributed by atoms with E-state index in [4.69, 9.17) is 14.0 Å². The van der Waals surface area contributed by atoms with Crippen molar-refractivity contribution in [1.82, 2.24) is 4.98 Å². The van der Waals surface area contributed by atoms with E-state index in [1.165, 1.54) is 0 Å². The van der Waals surface area contributed by atoms with Crippen molar-refractivity contribution in [2.24, 2.45) is 0 Å². The van der Waals surface area contributed by atoms with E-state index in [9.17, 15) is 0 Å². The van der Waals surface area contributed by atoms with Gasteiger partial charge in [0.15, 0.2) is 0 Å². The third-order valence-electron chi connectivity index (χ3n) is 4.69. The molecule has 2 aliphatic rings.